The highest BCUT2D eigenvalue weighted by Crippen LogP contribution is 2.23. The average Bonchev–Trinajstić information content (AvgIpc) is 2.74. The van der Waals surface area contributed by atoms with Crippen molar-refractivity contribution in [3.05, 3.63) is 11.1 Å². The fourth-order valence-electron chi connectivity index (χ4n) is 1.31. The lowest BCUT2D eigenvalue weighted by atomic mass is 10.3. The summed E-state index contributed by atoms with van der Waals surface area (Å²) in [6.07, 6.45) is 7.18. The van der Waals surface area contributed by atoms with Crippen LogP contribution in [0.4, 0.5) is 5.13 Å². The van der Waals surface area contributed by atoms with E-state index in [1.807, 2.05) is 18.0 Å². The Bertz CT molecular complexity index is 274. The Morgan fingerprint density at radius 2 is 2.19 bits per heavy atom. The van der Waals surface area contributed by atoms with Gasteiger partial charge in [0.25, 0.3) is 0 Å². The number of rotatable bonds is 9. The lowest BCUT2D eigenvalue weighted by molar-refractivity contribution is 0.778. The predicted octanol–water partition coefficient (Wildman–Crippen LogP) is 4.39. The van der Waals surface area contributed by atoms with Gasteiger partial charge in [0.15, 0.2) is 5.13 Å². The molecule has 4 heteroatoms. The van der Waals surface area contributed by atoms with Crippen molar-refractivity contribution in [2.45, 2.75) is 45.3 Å². The molecule has 0 saturated heterocycles. The molecule has 2 nitrogen and oxygen atoms in total. The maximum Gasteiger partial charge on any atom is 0.182 e. The van der Waals surface area contributed by atoms with Gasteiger partial charge in [-0.05, 0) is 18.6 Å². The molecule has 0 fully saturated rings. The lowest BCUT2D eigenvalue weighted by Gasteiger charge is -1.98. The summed E-state index contributed by atoms with van der Waals surface area (Å²) in [5.74, 6) is 2.40. The molecule has 16 heavy (non-hydrogen) atoms. The third-order valence-electron chi connectivity index (χ3n) is 2.22. The van der Waals surface area contributed by atoms with Crippen molar-refractivity contribution in [3.8, 4) is 0 Å². The normalized spacial score (nSPS) is 10.6. The largest absolute Gasteiger partial charge is 0.362 e. The summed E-state index contributed by atoms with van der Waals surface area (Å²) >= 11 is 3.82. The topological polar surface area (TPSA) is 24.9 Å². The molecule has 1 aromatic heterocycles. The Morgan fingerprint density at radius 1 is 1.31 bits per heavy atom. The van der Waals surface area contributed by atoms with Crippen LogP contribution in [-0.2, 0) is 5.75 Å². The molecule has 0 atom stereocenters. The molecule has 0 bridgehead atoms. The van der Waals surface area contributed by atoms with E-state index in [9.17, 15) is 0 Å². The molecule has 1 heterocycles. The van der Waals surface area contributed by atoms with Gasteiger partial charge in [-0.3, -0.25) is 0 Å². The van der Waals surface area contributed by atoms with Gasteiger partial charge < -0.3 is 5.32 Å². The summed E-state index contributed by atoms with van der Waals surface area (Å²) in [7, 11) is 0. The van der Waals surface area contributed by atoms with Crippen molar-refractivity contribution in [1.82, 2.24) is 4.98 Å². The molecule has 0 radical (unpaired) electrons. The fourth-order valence-corrected chi connectivity index (χ4v) is 3.26. The molecule has 92 valence electrons. The van der Waals surface area contributed by atoms with Gasteiger partial charge in [-0.2, -0.15) is 11.8 Å². The number of nitrogens with zero attached hydrogens (tertiary/aromatic N) is 1. The smallest absolute Gasteiger partial charge is 0.182 e. The fraction of sp³-hybridized carbons (Fsp3) is 0.750. The Labute approximate surface area is 107 Å². The van der Waals surface area contributed by atoms with E-state index in [4.69, 9.17) is 0 Å². The maximum absolute atomic E-state index is 4.36. The maximum atomic E-state index is 4.36. The highest BCUT2D eigenvalue weighted by atomic mass is 32.2. The summed E-state index contributed by atoms with van der Waals surface area (Å²) in [4.78, 5) is 5.75. The number of thiazole rings is 1. The molecule has 0 aliphatic heterocycles. The number of aromatic nitrogens is 1. The zero-order valence-corrected chi connectivity index (χ0v) is 11.9. The minimum Gasteiger partial charge on any atom is -0.362 e. The second-order valence-corrected chi connectivity index (χ2v) is 6.04. The first-order valence-electron chi connectivity index (χ1n) is 6.13. The molecule has 0 unspecified atom stereocenters. The number of hydrogen-bond donors (Lipinski definition) is 1. The minimum atomic E-state index is 1.02. The van der Waals surface area contributed by atoms with Crippen LogP contribution in [0.1, 0.15) is 44.4 Å². The molecule has 1 N–H and O–H groups in total. The van der Waals surface area contributed by atoms with E-state index in [1.165, 1.54) is 29.9 Å². The van der Waals surface area contributed by atoms with Crippen molar-refractivity contribution < 1.29 is 0 Å². The Kier molecular flexibility index (Phi) is 7.68. The highest BCUT2D eigenvalue weighted by Gasteiger charge is 2.00. The van der Waals surface area contributed by atoms with E-state index >= 15 is 0 Å². The van der Waals surface area contributed by atoms with Crippen molar-refractivity contribution in [2.75, 3.05) is 17.6 Å². The van der Waals surface area contributed by atoms with Crippen molar-refractivity contribution in [2.24, 2.45) is 0 Å². The summed E-state index contributed by atoms with van der Waals surface area (Å²) in [5, 5.41) is 4.40. The minimum absolute atomic E-state index is 1.02. The van der Waals surface area contributed by atoms with Crippen molar-refractivity contribution >= 4 is 28.2 Å². The summed E-state index contributed by atoms with van der Waals surface area (Å²) < 4.78 is 0. The second kappa shape index (κ2) is 8.88. The third kappa shape index (κ3) is 5.75. The highest BCUT2D eigenvalue weighted by molar-refractivity contribution is 7.98. The van der Waals surface area contributed by atoms with Gasteiger partial charge in [-0.15, -0.1) is 11.3 Å². The molecule has 0 saturated carbocycles. The van der Waals surface area contributed by atoms with Crippen LogP contribution >= 0.6 is 23.1 Å². The van der Waals surface area contributed by atoms with Crippen LogP contribution in [0.3, 0.4) is 0 Å². The zero-order valence-electron chi connectivity index (χ0n) is 10.3. The first kappa shape index (κ1) is 13.8. The quantitative estimate of drug-likeness (QED) is 0.665. The molecular formula is C12H22N2S2. The molecular weight excluding hydrogens is 236 g/mol. The first-order chi connectivity index (χ1) is 7.86. The van der Waals surface area contributed by atoms with Crippen LogP contribution in [0.15, 0.2) is 6.20 Å². The van der Waals surface area contributed by atoms with E-state index in [1.54, 1.807) is 11.3 Å². The standard InChI is InChI=1S/C12H22N2S2/c1-3-5-6-8-15-10-11-9-14-12(16-11)13-7-4-2/h9H,3-8,10H2,1-2H3,(H,13,14). The molecule has 0 aromatic carbocycles. The van der Waals surface area contributed by atoms with Gasteiger partial charge in [0.05, 0.1) is 0 Å². The molecule has 0 aliphatic rings. The van der Waals surface area contributed by atoms with Crippen LogP contribution < -0.4 is 5.32 Å². The molecule has 0 aliphatic carbocycles. The number of anilines is 1. The van der Waals surface area contributed by atoms with E-state index in [2.05, 4.69) is 24.1 Å². The third-order valence-corrected chi connectivity index (χ3v) is 4.45. The van der Waals surface area contributed by atoms with Gasteiger partial charge >= 0.3 is 0 Å². The molecule has 1 rings (SSSR count). The Hall–Kier alpha value is -0.220. The van der Waals surface area contributed by atoms with Gasteiger partial charge in [-0.25, -0.2) is 4.98 Å². The van der Waals surface area contributed by atoms with Gasteiger partial charge in [0, 0.05) is 23.4 Å². The predicted molar refractivity (Wildman–Crippen MR) is 76.6 cm³/mol. The van der Waals surface area contributed by atoms with Gasteiger partial charge in [-0.1, -0.05) is 26.7 Å². The summed E-state index contributed by atoms with van der Waals surface area (Å²) in [6, 6.07) is 0. The molecule has 0 spiro atoms. The van der Waals surface area contributed by atoms with Crippen LogP contribution in [0.25, 0.3) is 0 Å². The lowest BCUT2D eigenvalue weighted by Crippen LogP contribution is -1.97. The van der Waals surface area contributed by atoms with E-state index in [0.717, 1.165) is 23.8 Å². The first-order valence-corrected chi connectivity index (χ1v) is 8.10. The Balaban J connectivity index is 2.14. The average molecular weight is 258 g/mol. The number of unbranched alkanes of at least 4 members (excludes halogenated alkanes) is 2. The molecule has 0 amide bonds. The number of nitrogens with one attached hydrogen (secondary N) is 1. The zero-order chi connectivity index (χ0) is 11.6. The Morgan fingerprint density at radius 3 is 2.94 bits per heavy atom. The van der Waals surface area contributed by atoms with E-state index in [0.29, 0.717) is 0 Å². The summed E-state index contributed by atoms with van der Waals surface area (Å²) in [5.41, 5.74) is 0. The number of thioether (sulfide) groups is 1. The molecule has 1 aromatic rings. The van der Waals surface area contributed by atoms with E-state index < -0.39 is 0 Å². The summed E-state index contributed by atoms with van der Waals surface area (Å²) in [6.45, 7) is 5.45. The van der Waals surface area contributed by atoms with Crippen molar-refractivity contribution in [3.63, 3.8) is 0 Å². The van der Waals surface area contributed by atoms with Gasteiger partial charge in [0.1, 0.15) is 0 Å². The van der Waals surface area contributed by atoms with Gasteiger partial charge in [0.2, 0.25) is 0 Å². The second-order valence-electron chi connectivity index (χ2n) is 3.82. The number of hydrogen-bond acceptors (Lipinski definition) is 4. The monoisotopic (exact) mass is 258 g/mol. The SMILES string of the molecule is CCCCCSCc1cnc(NCCC)s1. The van der Waals surface area contributed by atoms with Crippen LogP contribution in [0, 0.1) is 0 Å². The van der Waals surface area contributed by atoms with Crippen LogP contribution in [0.5, 0.6) is 0 Å². The van der Waals surface area contributed by atoms with Crippen LogP contribution in [-0.4, -0.2) is 17.3 Å². The van der Waals surface area contributed by atoms with E-state index in [-0.39, 0.29) is 0 Å². The van der Waals surface area contributed by atoms with Crippen molar-refractivity contribution in [1.29, 1.82) is 0 Å². The van der Waals surface area contributed by atoms with Crippen LogP contribution in [0.2, 0.25) is 0 Å².